The van der Waals surface area contributed by atoms with Crippen LogP contribution in [-0.2, 0) is 9.53 Å². The number of pyridine rings is 1. The number of ether oxygens (including phenoxy) is 1. The first kappa shape index (κ1) is 15.7. The van der Waals surface area contributed by atoms with Gasteiger partial charge in [0.1, 0.15) is 5.15 Å². The Kier molecular flexibility index (Phi) is 6.55. The van der Waals surface area contributed by atoms with Crippen molar-refractivity contribution in [3.8, 4) is 0 Å². The van der Waals surface area contributed by atoms with Crippen LogP contribution in [0.5, 0.6) is 0 Å². The first-order valence-electron chi connectivity index (χ1n) is 5.39. The Hall–Kier alpha value is -1.37. The smallest absolute Gasteiger partial charge is 0.253 e. The number of aromatic nitrogens is 1. The van der Waals surface area contributed by atoms with Crippen LogP contribution >= 0.6 is 23.2 Å². The Morgan fingerprint density at radius 1 is 1.37 bits per heavy atom. The minimum absolute atomic E-state index is 0.121. The van der Waals surface area contributed by atoms with Crippen molar-refractivity contribution < 1.29 is 14.3 Å². The third-order valence-electron chi connectivity index (χ3n) is 2.10. The largest absolute Gasteiger partial charge is 0.383 e. The highest BCUT2D eigenvalue weighted by Crippen LogP contribution is 2.19. The molecule has 1 aromatic heterocycles. The van der Waals surface area contributed by atoms with Crippen molar-refractivity contribution in [1.29, 1.82) is 0 Å². The van der Waals surface area contributed by atoms with Gasteiger partial charge in [-0.2, -0.15) is 0 Å². The molecule has 2 N–H and O–H groups in total. The summed E-state index contributed by atoms with van der Waals surface area (Å²) in [5.74, 6) is -0.758. The summed E-state index contributed by atoms with van der Waals surface area (Å²) in [6.07, 6.45) is 1.28. The van der Waals surface area contributed by atoms with Gasteiger partial charge in [-0.3, -0.25) is 9.59 Å². The van der Waals surface area contributed by atoms with E-state index < -0.39 is 5.91 Å². The summed E-state index contributed by atoms with van der Waals surface area (Å²) in [5.41, 5.74) is 0.235. The van der Waals surface area contributed by atoms with Gasteiger partial charge in [0, 0.05) is 19.9 Å². The van der Waals surface area contributed by atoms with Gasteiger partial charge in [-0.15, -0.1) is 0 Å². The van der Waals surface area contributed by atoms with Crippen molar-refractivity contribution in [3.05, 3.63) is 28.0 Å². The van der Waals surface area contributed by atoms with E-state index in [1.54, 1.807) is 0 Å². The fraction of sp³-hybridized carbons (Fsp3) is 0.364. The SMILES string of the molecule is COCCNC(=O)CNC(=O)c1cnc(Cl)c(Cl)c1. The predicted octanol–water partition coefficient (Wildman–Crippen LogP) is 0.881. The number of nitrogens with zero attached hydrogens (tertiary/aromatic N) is 1. The minimum Gasteiger partial charge on any atom is -0.383 e. The first-order valence-corrected chi connectivity index (χ1v) is 6.15. The summed E-state index contributed by atoms with van der Waals surface area (Å²) in [6, 6.07) is 1.38. The fourth-order valence-corrected chi connectivity index (χ4v) is 1.43. The molecule has 0 bridgehead atoms. The number of carbonyl (C=O) groups is 2. The number of rotatable bonds is 6. The first-order chi connectivity index (χ1) is 9.04. The quantitative estimate of drug-likeness (QED) is 0.604. The van der Waals surface area contributed by atoms with Crippen LogP contribution < -0.4 is 10.6 Å². The van der Waals surface area contributed by atoms with Crippen LogP contribution in [0.3, 0.4) is 0 Å². The molecule has 0 aliphatic rings. The van der Waals surface area contributed by atoms with E-state index in [9.17, 15) is 9.59 Å². The molecular weight excluding hydrogens is 293 g/mol. The van der Waals surface area contributed by atoms with E-state index in [-0.39, 0.29) is 28.2 Å². The van der Waals surface area contributed by atoms with E-state index in [4.69, 9.17) is 27.9 Å². The van der Waals surface area contributed by atoms with Crippen LogP contribution in [0.2, 0.25) is 10.2 Å². The molecule has 19 heavy (non-hydrogen) atoms. The molecule has 0 aliphatic heterocycles. The van der Waals surface area contributed by atoms with Crippen LogP contribution in [0, 0.1) is 0 Å². The number of methoxy groups -OCH3 is 1. The lowest BCUT2D eigenvalue weighted by molar-refractivity contribution is -0.120. The molecule has 0 fully saturated rings. The third-order valence-corrected chi connectivity index (χ3v) is 2.78. The molecule has 0 atom stereocenters. The molecule has 0 unspecified atom stereocenters. The van der Waals surface area contributed by atoms with Gasteiger partial charge in [0.05, 0.1) is 23.7 Å². The second-order valence-corrected chi connectivity index (χ2v) is 4.29. The third kappa shape index (κ3) is 5.42. The van der Waals surface area contributed by atoms with Crippen molar-refractivity contribution in [1.82, 2.24) is 15.6 Å². The Morgan fingerprint density at radius 2 is 2.11 bits per heavy atom. The molecule has 104 valence electrons. The number of nitrogens with one attached hydrogen (secondary N) is 2. The summed E-state index contributed by atoms with van der Waals surface area (Å²) >= 11 is 11.4. The van der Waals surface area contributed by atoms with Crippen LogP contribution in [0.25, 0.3) is 0 Å². The van der Waals surface area contributed by atoms with Crippen molar-refractivity contribution in [2.45, 2.75) is 0 Å². The van der Waals surface area contributed by atoms with Crippen molar-refractivity contribution >= 4 is 35.0 Å². The fourth-order valence-electron chi connectivity index (χ4n) is 1.16. The van der Waals surface area contributed by atoms with E-state index in [1.807, 2.05) is 0 Å². The molecule has 0 spiro atoms. The summed E-state index contributed by atoms with van der Waals surface area (Å²) < 4.78 is 4.77. The van der Waals surface area contributed by atoms with Crippen LogP contribution in [-0.4, -0.2) is 43.6 Å². The molecule has 8 heteroatoms. The van der Waals surface area contributed by atoms with Gasteiger partial charge in [-0.1, -0.05) is 23.2 Å². The molecular formula is C11H13Cl2N3O3. The highest BCUT2D eigenvalue weighted by molar-refractivity contribution is 6.41. The maximum atomic E-state index is 11.7. The topological polar surface area (TPSA) is 80.3 Å². The van der Waals surface area contributed by atoms with E-state index in [2.05, 4.69) is 15.6 Å². The molecule has 1 aromatic rings. The van der Waals surface area contributed by atoms with Gasteiger partial charge in [0.15, 0.2) is 0 Å². The molecule has 0 aromatic carbocycles. The molecule has 0 saturated carbocycles. The zero-order valence-corrected chi connectivity index (χ0v) is 11.7. The second kappa shape index (κ2) is 7.93. The van der Waals surface area contributed by atoms with Crippen molar-refractivity contribution in [2.24, 2.45) is 0 Å². The van der Waals surface area contributed by atoms with Gasteiger partial charge in [-0.25, -0.2) is 4.98 Å². The minimum atomic E-state index is -0.451. The molecule has 0 aliphatic carbocycles. The van der Waals surface area contributed by atoms with E-state index in [1.165, 1.54) is 19.4 Å². The Morgan fingerprint density at radius 3 is 2.74 bits per heavy atom. The van der Waals surface area contributed by atoms with Crippen LogP contribution in [0.1, 0.15) is 10.4 Å². The molecule has 0 radical (unpaired) electrons. The molecule has 1 rings (SSSR count). The number of carbonyl (C=O) groups excluding carboxylic acids is 2. The average Bonchev–Trinajstić information content (AvgIpc) is 2.39. The van der Waals surface area contributed by atoms with Crippen molar-refractivity contribution in [3.63, 3.8) is 0 Å². The molecule has 1 heterocycles. The molecule has 0 saturated heterocycles. The van der Waals surface area contributed by atoms with Crippen LogP contribution in [0.15, 0.2) is 12.3 Å². The Bertz CT molecular complexity index is 468. The lowest BCUT2D eigenvalue weighted by Crippen LogP contribution is -2.38. The summed E-state index contributed by atoms with van der Waals surface area (Å²) in [7, 11) is 1.53. The monoisotopic (exact) mass is 305 g/mol. The number of hydrogen-bond donors (Lipinski definition) is 2. The highest BCUT2D eigenvalue weighted by atomic mass is 35.5. The van der Waals surface area contributed by atoms with Gasteiger partial charge in [0.2, 0.25) is 5.91 Å². The zero-order valence-electron chi connectivity index (χ0n) is 10.2. The Labute approximate surface area is 120 Å². The van der Waals surface area contributed by atoms with E-state index in [0.717, 1.165) is 0 Å². The Balaban J connectivity index is 2.42. The highest BCUT2D eigenvalue weighted by Gasteiger charge is 2.10. The summed E-state index contributed by atoms with van der Waals surface area (Å²) in [4.78, 5) is 26.8. The van der Waals surface area contributed by atoms with Gasteiger partial charge in [-0.05, 0) is 6.07 Å². The lowest BCUT2D eigenvalue weighted by Gasteiger charge is -2.06. The number of amides is 2. The standard InChI is InChI=1S/C11H13Cl2N3O3/c1-19-3-2-14-9(17)6-16-11(18)7-4-8(12)10(13)15-5-7/h4-5H,2-3,6H2,1H3,(H,14,17)(H,16,18). The molecule has 6 nitrogen and oxygen atoms in total. The maximum absolute atomic E-state index is 11.7. The zero-order chi connectivity index (χ0) is 14.3. The van der Waals surface area contributed by atoms with Crippen molar-refractivity contribution in [2.75, 3.05) is 26.8 Å². The normalized spacial score (nSPS) is 10.1. The number of hydrogen-bond acceptors (Lipinski definition) is 4. The second-order valence-electron chi connectivity index (χ2n) is 3.52. The van der Waals surface area contributed by atoms with Crippen LogP contribution in [0.4, 0.5) is 0 Å². The summed E-state index contributed by atoms with van der Waals surface area (Å²) in [6.45, 7) is 0.665. The van der Waals surface area contributed by atoms with Gasteiger partial charge >= 0.3 is 0 Å². The average molecular weight is 306 g/mol. The van der Waals surface area contributed by atoms with E-state index in [0.29, 0.717) is 13.2 Å². The predicted molar refractivity (Wildman–Crippen MR) is 71.5 cm³/mol. The van der Waals surface area contributed by atoms with E-state index >= 15 is 0 Å². The summed E-state index contributed by atoms with van der Waals surface area (Å²) in [5, 5.41) is 5.31. The maximum Gasteiger partial charge on any atom is 0.253 e. The van der Waals surface area contributed by atoms with Gasteiger partial charge < -0.3 is 15.4 Å². The van der Waals surface area contributed by atoms with Gasteiger partial charge in [0.25, 0.3) is 5.91 Å². The molecule has 2 amide bonds. The number of halogens is 2. The lowest BCUT2D eigenvalue weighted by atomic mass is 10.2.